The second-order valence-corrected chi connectivity index (χ2v) is 56.4. The maximum absolute atomic E-state index is 14.1. The average Bonchev–Trinajstić information content (AvgIpc) is 3.60. The van der Waals surface area contributed by atoms with Crippen molar-refractivity contribution in [3.63, 3.8) is 0 Å². The van der Waals surface area contributed by atoms with Gasteiger partial charge in [0.2, 0.25) is 0 Å². The van der Waals surface area contributed by atoms with Gasteiger partial charge in [0.05, 0.1) is 0 Å². The number of hydrogen-bond acceptors (Lipinski definition) is 0. The summed E-state index contributed by atoms with van der Waals surface area (Å²) in [5.74, 6) is -12.0. The number of rotatable bonds is 7. The zero-order chi connectivity index (χ0) is 38.4. The second kappa shape index (κ2) is 12.7. The van der Waals surface area contributed by atoms with Crippen LogP contribution in [0.4, 0.5) is 43.9 Å². The molecular formula is C38H31Cl2F10SiZr. The molecule has 2 aliphatic rings. The van der Waals surface area contributed by atoms with Gasteiger partial charge in [-0.25, -0.2) is 0 Å². The number of halogens is 12. The topological polar surface area (TPSA) is 0 Å². The molecule has 52 heavy (non-hydrogen) atoms. The number of benzene rings is 4. The summed E-state index contributed by atoms with van der Waals surface area (Å²) in [5.41, 5.74) is 4.78. The van der Waals surface area contributed by atoms with E-state index in [0.717, 1.165) is 57.7 Å². The van der Waals surface area contributed by atoms with Crippen LogP contribution in [0.1, 0.15) is 54.5 Å². The summed E-state index contributed by atoms with van der Waals surface area (Å²) in [6, 6.07) is 19.0. The molecule has 2 unspecified atom stereocenters. The van der Waals surface area contributed by atoms with Crippen molar-refractivity contribution in [1.82, 2.24) is 0 Å². The van der Waals surface area contributed by atoms with Gasteiger partial charge in [-0.1, -0.05) is 0 Å². The van der Waals surface area contributed by atoms with Gasteiger partial charge in [-0.3, -0.25) is 0 Å². The third kappa shape index (κ3) is 5.89. The van der Waals surface area contributed by atoms with E-state index in [-0.39, 0.29) is 7.25 Å². The summed E-state index contributed by atoms with van der Waals surface area (Å²) in [6.07, 6.45) is -7.59. The van der Waals surface area contributed by atoms with Crippen molar-refractivity contribution in [3.05, 3.63) is 129 Å². The van der Waals surface area contributed by atoms with Crippen LogP contribution < -0.4 is 0 Å². The predicted molar refractivity (Wildman–Crippen MR) is 187 cm³/mol. The Labute approximate surface area is 302 Å². The van der Waals surface area contributed by atoms with E-state index in [2.05, 4.69) is 13.1 Å². The second-order valence-electron chi connectivity index (χ2n) is 13.9. The van der Waals surface area contributed by atoms with E-state index in [0.29, 0.717) is 22.3 Å². The molecule has 6 rings (SSSR count). The van der Waals surface area contributed by atoms with Gasteiger partial charge in [0.15, 0.2) is 0 Å². The monoisotopic (exact) mass is 865 g/mol. The van der Waals surface area contributed by atoms with Crippen molar-refractivity contribution in [2.24, 2.45) is 0 Å². The molecule has 14 heteroatoms. The SMILES string of the molecule is CC1=Cc2c(-c3ccc(C(F)(F)C(F)(F)F)cc3)cccc2[CH]1[Zr]([Cl])([Cl])([CH]1C(C)=Cc2c(-c3ccc(C(F)(F)C(F)(F)F)cc3)cccc21)[SiH](C)C. The van der Waals surface area contributed by atoms with Gasteiger partial charge in [-0.2, -0.15) is 0 Å². The fourth-order valence-electron chi connectivity index (χ4n) is 7.95. The molecule has 0 saturated carbocycles. The fourth-order valence-corrected chi connectivity index (χ4v) is 40.9. The minimum absolute atomic E-state index is 0.382. The van der Waals surface area contributed by atoms with E-state index >= 15 is 0 Å². The van der Waals surface area contributed by atoms with Gasteiger partial charge < -0.3 is 0 Å². The van der Waals surface area contributed by atoms with Gasteiger partial charge >= 0.3 is 305 Å². The summed E-state index contributed by atoms with van der Waals surface area (Å²) in [5, 5.41) is 0. The first-order chi connectivity index (χ1) is 23.9. The molecule has 0 aliphatic heterocycles. The van der Waals surface area contributed by atoms with E-state index in [4.69, 9.17) is 17.0 Å². The number of allylic oxidation sites excluding steroid dienone is 2. The van der Waals surface area contributed by atoms with E-state index in [9.17, 15) is 43.9 Å². The van der Waals surface area contributed by atoms with Crippen LogP contribution in [0.5, 0.6) is 0 Å². The van der Waals surface area contributed by atoms with Gasteiger partial charge in [-0.05, 0) is 0 Å². The fraction of sp³-hybridized carbons (Fsp3) is 0.263. The summed E-state index contributed by atoms with van der Waals surface area (Å²) < 4.78 is 134. The third-order valence-corrected chi connectivity index (χ3v) is 62.9. The van der Waals surface area contributed by atoms with Crippen molar-refractivity contribution >= 4 is 35.1 Å². The Morgan fingerprint density at radius 1 is 0.519 bits per heavy atom. The molecule has 0 amide bonds. The Balaban J connectivity index is 1.43. The first-order valence-electron chi connectivity index (χ1n) is 16.2. The molecule has 0 bridgehead atoms. The van der Waals surface area contributed by atoms with Crippen LogP contribution in [0.3, 0.4) is 0 Å². The standard InChI is InChI=1S/2C18H12F5.C2H7Si.2ClH.Zr/c2*1-11-9-13-3-2-4-15(16(13)10-11)12-5-7-14(8-6-12)17(19,20)18(21,22)23;1-3-2;;;/h2*2-10H,1H3;3H,1-2H3;2*1H;/q;;;;;+2/p-2. The zero-order valence-corrected chi connectivity index (χ0v) is 33.1. The Morgan fingerprint density at radius 2 is 0.846 bits per heavy atom. The van der Waals surface area contributed by atoms with Crippen molar-refractivity contribution in [3.8, 4) is 22.3 Å². The van der Waals surface area contributed by atoms with Gasteiger partial charge in [-0.15, -0.1) is 0 Å². The summed E-state index contributed by atoms with van der Waals surface area (Å²) in [6.45, 7) is 8.07. The van der Waals surface area contributed by atoms with E-state index in [1.165, 1.54) is 24.3 Å². The van der Waals surface area contributed by atoms with Crippen LogP contribution in [-0.2, 0) is 27.4 Å². The number of hydrogen-bond donors (Lipinski definition) is 0. The molecule has 4 aromatic rings. The predicted octanol–water partition coefficient (Wildman–Crippen LogP) is 13.9. The molecule has 0 fully saturated rings. The molecule has 0 nitrogen and oxygen atoms in total. The van der Waals surface area contributed by atoms with Gasteiger partial charge in [0.25, 0.3) is 0 Å². The van der Waals surface area contributed by atoms with Gasteiger partial charge in [0.1, 0.15) is 0 Å². The van der Waals surface area contributed by atoms with E-state index in [1.807, 2.05) is 38.1 Å². The summed E-state index contributed by atoms with van der Waals surface area (Å²) >= 11 is -5.23. The number of alkyl halides is 10. The van der Waals surface area contributed by atoms with Crippen LogP contribution in [0.15, 0.2) is 96.1 Å². The molecule has 0 radical (unpaired) electrons. The molecule has 275 valence electrons. The maximum atomic E-state index is 14.1. The van der Waals surface area contributed by atoms with E-state index in [1.54, 1.807) is 24.3 Å². The molecule has 0 spiro atoms. The minimum atomic E-state index is -5.74. The molecule has 4 aromatic carbocycles. The third-order valence-electron chi connectivity index (χ3n) is 10.6. The first-order valence-corrected chi connectivity index (χ1v) is 32.5. The molecule has 2 aliphatic carbocycles. The molecular weight excluding hydrogens is 837 g/mol. The average molecular weight is 868 g/mol. The zero-order valence-electron chi connectivity index (χ0n) is 28.0. The Hall–Kier alpha value is -2.66. The van der Waals surface area contributed by atoms with Crippen LogP contribution in [0.2, 0.25) is 13.1 Å². The number of fused-ring (bicyclic) bond motifs is 2. The Bertz CT molecular complexity index is 1970. The molecule has 0 N–H and O–H groups in total. The van der Waals surface area contributed by atoms with Crippen LogP contribution in [0, 0.1) is 0 Å². The van der Waals surface area contributed by atoms with Crippen molar-refractivity contribution < 1.29 is 59.5 Å². The molecule has 0 heterocycles. The van der Waals surface area contributed by atoms with Gasteiger partial charge in [0, 0.05) is 0 Å². The first kappa shape index (κ1) is 39.0. The Morgan fingerprint density at radius 3 is 1.13 bits per heavy atom. The summed E-state index contributed by atoms with van der Waals surface area (Å²) in [4.78, 5) is 0. The molecule has 0 aromatic heterocycles. The Kier molecular flexibility index (Phi) is 9.54. The van der Waals surface area contributed by atoms with Crippen molar-refractivity contribution in [2.75, 3.05) is 0 Å². The normalized spacial score (nSPS) is 18.8. The quantitative estimate of drug-likeness (QED) is 0.128. The molecule has 2 atom stereocenters. The van der Waals surface area contributed by atoms with Crippen molar-refractivity contribution in [1.29, 1.82) is 0 Å². The van der Waals surface area contributed by atoms with Crippen LogP contribution in [0.25, 0.3) is 34.4 Å². The van der Waals surface area contributed by atoms with Crippen LogP contribution in [-0.4, -0.2) is 18.3 Å². The van der Waals surface area contributed by atoms with Crippen LogP contribution >= 0.6 is 17.0 Å². The molecule has 0 saturated heterocycles. The van der Waals surface area contributed by atoms with E-state index < -0.39 is 56.8 Å². The summed E-state index contributed by atoms with van der Waals surface area (Å²) in [7, 11) is 16.4. The van der Waals surface area contributed by atoms with Crippen molar-refractivity contribution in [2.45, 2.75) is 58.4 Å².